The first-order valence-corrected chi connectivity index (χ1v) is 14.2. The quantitative estimate of drug-likeness (QED) is 0.486. The molecule has 0 radical (unpaired) electrons. The molecule has 8 rings (SSSR count). The van der Waals surface area contributed by atoms with E-state index in [1.54, 1.807) is 0 Å². The minimum Gasteiger partial charge on any atom is -0.392 e. The zero-order valence-electron chi connectivity index (χ0n) is 21.8. The maximum Gasteiger partial charge on any atom is 0.105 e. The van der Waals surface area contributed by atoms with Crippen LogP contribution in [-0.4, -0.2) is 79.9 Å². The van der Waals surface area contributed by atoms with Crippen LogP contribution in [-0.2, 0) is 4.74 Å². The van der Waals surface area contributed by atoms with Gasteiger partial charge in [-0.1, -0.05) is 31.2 Å². The third kappa shape index (κ3) is 2.92. The second kappa shape index (κ2) is 7.74. The van der Waals surface area contributed by atoms with Crippen molar-refractivity contribution in [2.75, 3.05) is 13.1 Å². The number of aromatic nitrogens is 1. The van der Waals surface area contributed by atoms with E-state index in [2.05, 4.69) is 47.2 Å². The smallest absolute Gasteiger partial charge is 0.105 e. The van der Waals surface area contributed by atoms with Crippen molar-refractivity contribution in [2.45, 2.75) is 86.5 Å². The molecule has 2 saturated heterocycles. The number of aliphatic hydroxyl groups is 3. The van der Waals surface area contributed by atoms with Gasteiger partial charge >= 0.3 is 0 Å². The molecule has 3 aliphatic heterocycles. The molecule has 1 aromatic carbocycles. The fourth-order valence-electron chi connectivity index (χ4n) is 9.50. The van der Waals surface area contributed by atoms with Crippen molar-refractivity contribution in [3.8, 4) is 0 Å². The molecule has 2 saturated carbocycles. The van der Waals surface area contributed by atoms with Crippen LogP contribution < -0.4 is 5.73 Å². The van der Waals surface area contributed by atoms with Gasteiger partial charge in [0.15, 0.2) is 0 Å². The highest BCUT2D eigenvalue weighted by Gasteiger charge is 2.69. The molecule has 7 nitrogen and oxygen atoms in total. The summed E-state index contributed by atoms with van der Waals surface area (Å²) in [4.78, 5) is 6.52. The Balaban J connectivity index is 1.19. The SMILES string of the molecule is C[C@]12CC=C3C=C4[C@H](O)[C@H](O)[C@@H](N5CC(N)C5)C[C@]45CCC3(O5)[C@@H]1C[C@@H](O)C2c1ccc2ccncc2c1. The van der Waals surface area contributed by atoms with Gasteiger partial charge in [0, 0.05) is 54.8 Å². The molecule has 9 atom stereocenters. The Bertz CT molecular complexity index is 1390. The van der Waals surface area contributed by atoms with Crippen molar-refractivity contribution in [3.63, 3.8) is 0 Å². The third-order valence-corrected chi connectivity index (χ3v) is 11.3. The second-order valence-electron chi connectivity index (χ2n) is 13.2. The summed E-state index contributed by atoms with van der Waals surface area (Å²) in [6.07, 6.45) is 9.83. The molecule has 7 heteroatoms. The molecule has 2 unspecified atom stereocenters. The first kappa shape index (κ1) is 23.7. The largest absolute Gasteiger partial charge is 0.392 e. The van der Waals surface area contributed by atoms with E-state index in [-0.39, 0.29) is 29.3 Å². The Morgan fingerprint density at radius 1 is 1.11 bits per heavy atom. The Kier molecular flexibility index (Phi) is 4.84. The molecular formula is C31H37N3O4. The van der Waals surface area contributed by atoms with Gasteiger partial charge in [-0.15, -0.1) is 0 Å². The molecule has 5 N–H and O–H groups in total. The lowest BCUT2D eigenvalue weighted by molar-refractivity contribution is -0.173. The number of nitrogens with two attached hydrogens (primary N) is 1. The van der Waals surface area contributed by atoms with Crippen LogP contribution in [0.15, 0.2) is 60.0 Å². The molecule has 2 aromatic rings. The summed E-state index contributed by atoms with van der Waals surface area (Å²) in [5.41, 5.74) is 8.00. The molecule has 3 aliphatic carbocycles. The van der Waals surface area contributed by atoms with E-state index in [1.165, 1.54) is 5.56 Å². The molecule has 0 amide bonds. The van der Waals surface area contributed by atoms with Gasteiger partial charge in [-0.2, -0.15) is 0 Å². The van der Waals surface area contributed by atoms with Gasteiger partial charge in [0.05, 0.1) is 23.4 Å². The average molecular weight is 516 g/mol. The van der Waals surface area contributed by atoms with Crippen LogP contribution in [0.2, 0.25) is 0 Å². The molecule has 6 aliphatic rings. The summed E-state index contributed by atoms with van der Waals surface area (Å²) < 4.78 is 7.27. The van der Waals surface area contributed by atoms with Crippen molar-refractivity contribution in [1.82, 2.24) is 9.88 Å². The van der Waals surface area contributed by atoms with E-state index in [0.29, 0.717) is 12.8 Å². The minimum atomic E-state index is -0.941. The fraction of sp³-hybridized carbons (Fsp3) is 0.581. The number of benzene rings is 1. The van der Waals surface area contributed by atoms with Crippen LogP contribution in [0.5, 0.6) is 0 Å². The van der Waals surface area contributed by atoms with Crippen molar-refractivity contribution in [2.24, 2.45) is 17.1 Å². The molecule has 2 bridgehead atoms. The summed E-state index contributed by atoms with van der Waals surface area (Å²) in [5.74, 6) is 0.167. The number of nitrogens with zero attached hydrogens (tertiary/aromatic N) is 2. The lowest BCUT2D eigenvalue weighted by atomic mass is 9.58. The molecular weight excluding hydrogens is 478 g/mol. The molecule has 2 spiro atoms. The normalized spacial score (nSPS) is 46.1. The van der Waals surface area contributed by atoms with Crippen LogP contribution >= 0.6 is 0 Å². The van der Waals surface area contributed by atoms with Gasteiger partial charge in [-0.3, -0.25) is 9.88 Å². The molecule has 1 aromatic heterocycles. The number of allylic oxidation sites excluding steroid dienone is 1. The minimum absolute atomic E-state index is 0.00361. The second-order valence-corrected chi connectivity index (χ2v) is 13.2. The maximum absolute atomic E-state index is 11.6. The van der Waals surface area contributed by atoms with Crippen LogP contribution in [0.25, 0.3) is 10.8 Å². The number of pyridine rings is 1. The molecule has 200 valence electrons. The van der Waals surface area contributed by atoms with E-state index >= 15 is 0 Å². The number of aliphatic hydroxyl groups excluding tert-OH is 3. The van der Waals surface area contributed by atoms with E-state index in [9.17, 15) is 15.3 Å². The highest BCUT2D eigenvalue weighted by molar-refractivity contribution is 5.82. The van der Waals surface area contributed by atoms with Crippen molar-refractivity contribution in [3.05, 3.63) is 65.5 Å². The summed E-state index contributed by atoms with van der Waals surface area (Å²) in [6, 6.07) is 8.52. The Morgan fingerprint density at radius 3 is 2.76 bits per heavy atom. The molecule has 4 fully saturated rings. The van der Waals surface area contributed by atoms with Crippen molar-refractivity contribution >= 4 is 10.8 Å². The highest BCUT2D eigenvalue weighted by atomic mass is 16.5. The zero-order valence-corrected chi connectivity index (χ0v) is 21.8. The zero-order chi connectivity index (χ0) is 26.0. The monoisotopic (exact) mass is 515 g/mol. The van der Waals surface area contributed by atoms with E-state index in [1.807, 2.05) is 18.5 Å². The summed E-state index contributed by atoms with van der Waals surface area (Å²) in [5, 5.41) is 36.3. The van der Waals surface area contributed by atoms with Crippen LogP contribution in [0.3, 0.4) is 0 Å². The summed E-state index contributed by atoms with van der Waals surface area (Å²) in [7, 11) is 0. The number of hydrogen-bond acceptors (Lipinski definition) is 7. The van der Waals surface area contributed by atoms with Crippen LogP contribution in [0.4, 0.5) is 0 Å². The third-order valence-electron chi connectivity index (χ3n) is 11.3. The lowest BCUT2D eigenvalue weighted by Crippen LogP contribution is -2.68. The van der Waals surface area contributed by atoms with Gasteiger partial charge in [0.2, 0.25) is 0 Å². The van der Waals surface area contributed by atoms with Crippen LogP contribution in [0, 0.1) is 11.3 Å². The number of ether oxygens (including phenoxy) is 1. The first-order chi connectivity index (χ1) is 18.2. The number of likely N-dealkylation sites (tertiary alicyclic amines) is 1. The lowest BCUT2D eigenvalue weighted by Gasteiger charge is -2.57. The van der Waals surface area contributed by atoms with Gasteiger partial charge in [0.25, 0.3) is 0 Å². The highest BCUT2D eigenvalue weighted by Crippen LogP contribution is 2.69. The van der Waals surface area contributed by atoms with Gasteiger partial charge in [-0.25, -0.2) is 0 Å². The fourth-order valence-corrected chi connectivity index (χ4v) is 9.50. The standard InChI is InChI=1S/C31H37N3O4/c1-29-6-4-20-11-22-27(36)28(37)23(34-15-21(32)16-34)13-30(22)7-8-31(20,38-30)25(29)12-24(35)26(29)18-3-2-17-5-9-33-14-19(17)10-18/h2-5,9-11,14,21,23-28,35-37H,6-8,12-13,15-16,32H2,1H3/t23-,24+,25+,26?,27-,28+,29-,30+,31?/m0/s1. The maximum atomic E-state index is 11.6. The van der Waals surface area contributed by atoms with Gasteiger partial charge < -0.3 is 25.8 Å². The van der Waals surface area contributed by atoms with Gasteiger partial charge in [0.1, 0.15) is 6.10 Å². The number of hydrogen-bond donors (Lipinski definition) is 4. The van der Waals surface area contributed by atoms with Crippen LogP contribution in [0.1, 0.15) is 50.5 Å². The summed E-state index contributed by atoms with van der Waals surface area (Å²) >= 11 is 0. The molecule has 4 heterocycles. The Morgan fingerprint density at radius 2 is 1.95 bits per heavy atom. The van der Waals surface area contributed by atoms with Gasteiger partial charge in [-0.05, 0) is 71.7 Å². The summed E-state index contributed by atoms with van der Waals surface area (Å²) in [6.45, 7) is 3.83. The average Bonchev–Trinajstić information content (AvgIpc) is 3.35. The Labute approximate surface area is 223 Å². The number of fused-ring (bicyclic) bond motifs is 2. The number of rotatable bonds is 2. The predicted octanol–water partition coefficient (Wildman–Crippen LogP) is 2.40. The molecule has 38 heavy (non-hydrogen) atoms. The van der Waals surface area contributed by atoms with E-state index in [0.717, 1.165) is 54.3 Å². The topological polar surface area (TPSA) is 112 Å². The first-order valence-electron chi connectivity index (χ1n) is 14.2. The predicted molar refractivity (Wildman–Crippen MR) is 143 cm³/mol. The van der Waals surface area contributed by atoms with Crippen molar-refractivity contribution in [1.29, 1.82) is 0 Å². The Hall–Kier alpha value is -2.13. The van der Waals surface area contributed by atoms with E-state index in [4.69, 9.17) is 10.5 Å². The van der Waals surface area contributed by atoms with Crippen molar-refractivity contribution < 1.29 is 20.1 Å². The van der Waals surface area contributed by atoms with E-state index < -0.39 is 29.5 Å².